The summed E-state index contributed by atoms with van der Waals surface area (Å²) in [5, 5.41) is 0.564. The lowest BCUT2D eigenvalue weighted by atomic mass is 9.90. The summed E-state index contributed by atoms with van der Waals surface area (Å²) in [5.41, 5.74) is 1.61. The maximum atomic E-state index is 11.8. The Bertz CT molecular complexity index is 832. The summed E-state index contributed by atoms with van der Waals surface area (Å²) < 4.78 is 31.0. The van der Waals surface area contributed by atoms with Gasteiger partial charge in [0.05, 0.1) is 0 Å². The first-order valence-corrected chi connectivity index (χ1v) is 7.15. The average molecular weight is 274 g/mol. The van der Waals surface area contributed by atoms with E-state index in [-0.39, 0.29) is 5.56 Å². The molecule has 0 saturated heterocycles. The van der Waals surface area contributed by atoms with Crippen LogP contribution in [0.4, 0.5) is 0 Å². The van der Waals surface area contributed by atoms with Crippen molar-refractivity contribution in [2.75, 3.05) is 0 Å². The van der Waals surface area contributed by atoms with E-state index in [4.69, 9.17) is 4.55 Å². The third kappa shape index (κ3) is 1.87. The highest BCUT2D eigenvalue weighted by Gasteiger charge is 2.25. The van der Waals surface area contributed by atoms with Crippen LogP contribution < -0.4 is 0 Å². The van der Waals surface area contributed by atoms with E-state index in [0.29, 0.717) is 5.56 Å². The predicted molar refractivity (Wildman–Crippen MR) is 72.6 cm³/mol. The van der Waals surface area contributed by atoms with Gasteiger partial charge in [-0.15, -0.1) is 0 Å². The van der Waals surface area contributed by atoms with Gasteiger partial charge in [-0.2, -0.15) is 8.42 Å². The summed E-state index contributed by atoms with van der Waals surface area (Å²) in [6.07, 6.45) is 4.35. The van der Waals surface area contributed by atoms with Gasteiger partial charge < -0.3 is 0 Å². The molecule has 1 aliphatic carbocycles. The zero-order valence-electron chi connectivity index (χ0n) is 9.83. The number of rotatable bonds is 1. The van der Waals surface area contributed by atoms with Crippen molar-refractivity contribution in [2.45, 2.75) is 6.42 Å². The van der Waals surface area contributed by atoms with E-state index < -0.39 is 15.2 Å². The highest BCUT2D eigenvalue weighted by molar-refractivity contribution is 8.01. The van der Waals surface area contributed by atoms with Crippen molar-refractivity contribution >= 4 is 32.1 Å². The minimum atomic E-state index is -4.72. The van der Waals surface area contributed by atoms with Gasteiger partial charge in [0.1, 0.15) is 0 Å². The maximum Gasteiger partial charge on any atom is 0.333 e. The lowest BCUT2D eigenvalue weighted by Gasteiger charge is -2.15. The molecule has 0 atom stereocenters. The molecular formula is C14H10O4S. The first-order chi connectivity index (χ1) is 8.98. The number of benzene rings is 2. The van der Waals surface area contributed by atoms with Gasteiger partial charge in [-0.25, -0.2) is 0 Å². The third-order valence-corrected chi connectivity index (χ3v) is 3.94. The van der Waals surface area contributed by atoms with Crippen LogP contribution in [0, 0.1) is 0 Å². The summed E-state index contributed by atoms with van der Waals surface area (Å²) >= 11 is 0. The topological polar surface area (TPSA) is 71.4 Å². The molecule has 1 N–H and O–H groups in total. The first kappa shape index (κ1) is 12.1. The number of carbonyl (C=O) groups excluding carboxylic acids is 1. The fourth-order valence-corrected chi connectivity index (χ4v) is 2.90. The monoisotopic (exact) mass is 274 g/mol. The predicted octanol–water partition coefficient (Wildman–Crippen LogP) is 2.44. The van der Waals surface area contributed by atoms with Crippen LogP contribution in [-0.4, -0.2) is 18.1 Å². The van der Waals surface area contributed by atoms with Crippen LogP contribution in [0.3, 0.4) is 0 Å². The molecule has 4 nitrogen and oxygen atoms in total. The minimum absolute atomic E-state index is 0.0124. The van der Waals surface area contributed by atoms with E-state index >= 15 is 0 Å². The molecule has 0 bridgehead atoms. The molecule has 1 aliphatic rings. The zero-order chi connectivity index (χ0) is 13.6. The Hall–Kier alpha value is -1.98. The van der Waals surface area contributed by atoms with Gasteiger partial charge in [-0.1, -0.05) is 36.4 Å². The van der Waals surface area contributed by atoms with Crippen molar-refractivity contribution in [3.8, 4) is 0 Å². The normalized spacial score (nSPS) is 13.7. The molecule has 3 rings (SSSR count). The van der Waals surface area contributed by atoms with E-state index in [2.05, 4.69) is 0 Å². The zero-order valence-corrected chi connectivity index (χ0v) is 10.6. The van der Waals surface area contributed by atoms with E-state index in [1.807, 2.05) is 24.3 Å². The molecule has 0 amide bonds. The quantitative estimate of drug-likeness (QED) is 0.811. The minimum Gasteiger partial charge on any atom is -0.279 e. The van der Waals surface area contributed by atoms with E-state index in [1.54, 1.807) is 12.1 Å². The summed E-state index contributed by atoms with van der Waals surface area (Å²) in [5.74, 6) is 0. The number of hydrogen-bond donors (Lipinski definition) is 1. The Morgan fingerprint density at radius 2 is 1.95 bits per heavy atom. The van der Waals surface area contributed by atoms with Crippen molar-refractivity contribution in [3.05, 3.63) is 53.1 Å². The lowest BCUT2D eigenvalue weighted by molar-refractivity contribution is 0.106. The average Bonchev–Trinajstić information content (AvgIpc) is 2.38. The maximum absolute atomic E-state index is 11.8. The molecular weight excluding hydrogens is 264 g/mol. The molecule has 0 unspecified atom stereocenters. The van der Waals surface area contributed by atoms with Crippen LogP contribution in [-0.2, 0) is 16.5 Å². The van der Waals surface area contributed by atoms with Gasteiger partial charge in [0.15, 0.2) is 0 Å². The largest absolute Gasteiger partial charge is 0.333 e. The van der Waals surface area contributed by atoms with Gasteiger partial charge in [0.25, 0.3) is 0 Å². The number of allylic oxidation sites excluding steroid dienone is 1. The Balaban J connectivity index is 2.39. The van der Waals surface area contributed by atoms with Crippen molar-refractivity contribution in [1.82, 2.24) is 0 Å². The molecule has 19 heavy (non-hydrogen) atoms. The summed E-state index contributed by atoms with van der Waals surface area (Å²) in [6.45, 7) is 0. The molecule has 96 valence electrons. The SMILES string of the molecule is O=C(c1ccc2cccc3c2c1C=CC3)S(=O)(=O)O. The summed E-state index contributed by atoms with van der Waals surface area (Å²) in [4.78, 5) is 11.8. The Kier molecular flexibility index (Phi) is 2.55. The second-order valence-electron chi connectivity index (χ2n) is 4.41. The lowest BCUT2D eigenvalue weighted by Crippen LogP contribution is -2.15. The van der Waals surface area contributed by atoms with Gasteiger partial charge in [0.2, 0.25) is 0 Å². The molecule has 0 fully saturated rings. The molecule has 0 aromatic heterocycles. The molecule has 0 radical (unpaired) electrons. The molecule has 2 aromatic carbocycles. The Labute approximate surface area is 110 Å². The van der Waals surface area contributed by atoms with Crippen molar-refractivity contribution in [1.29, 1.82) is 0 Å². The third-order valence-electron chi connectivity index (χ3n) is 3.25. The summed E-state index contributed by atoms with van der Waals surface area (Å²) in [6, 6.07) is 8.90. The van der Waals surface area contributed by atoms with Gasteiger partial charge in [-0.05, 0) is 34.4 Å². The van der Waals surface area contributed by atoms with Crippen molar-refractivity contribution < 1.29 is 17.8 Å². The first-order valence-electron chi connectivity index (χ1n) is 5.71. The second-order valence-corrected chi connectivity index (χ2v) is 5.73. The van der Waals surface area contributed by atoms with Crippen LogP contribution in [0.2, 0.25) is 0 Å². The van der Waals surface area contributed by atoms with Gasteiger partial charge in [0, 0.05) is 5.56 Å². The van der Waals surface area contributed by atoms with Crippen LogP contribution in [0.5, 0.6) is 0 Å². The second kappa shape index (κ2) is 4.01. The highest BCUT2D eigenvalue weighted by Crippen LogP contribution is 2.31. The van der Waals surface area contributed by atoms with Gasteiger partial charge >= 0.3 is 15.2 Å². The molecule has 0 saturated carbocycles. The summed E-state index contributed by atoms with van der Waals surface area (Å²) in [7, 11) is -4.72. The Morgan fingerprint density at radius 1 is 1.16 bits per heavy atom. The van der Waals surface area contributed by atoms with E-state index in [9.17, 15) is 13.2 Å². The van der Waals surface area contributed by atoms with Crippen molar-refractivity contribution in [3.63, 3.8) is 0 Å². The molecule has 2 aromatic rings. The van der Waals surface area contributed by atoms with Gasteiger partial charge in [-0.3, -0.25) is 9.35 Å². The van der Waals surface area contributed by atoms with Crippen LogP contribution in [0.15, 0.2) is 36.4 Å². The van der Waals surface area contributed by atoms with Crippen LogP contribution in [0.25, 0.3) is 16.8 Å². The van der Waals surface area contributed by atoms with Crippen LogP contribution in [0.1, 0.15) is 21.5 Å². The fourth-order valence-electron chi connectivity index (χ4n) is 2.45. The van der Waals surface area contributed by atoms with Crippen LogP contribution >= 0.6 is 0 Å². The number of hydrogen-bond acceptors (Lipinski definition) is 3. The fraction of sp³-hybridized carbons (Fsp3) is 0.0714. The highest BCUT2D eigenvalue weighted by atomic mass is 32.2. The van der Waals surface area contributed by atoms with E-state index in [1.165, 1.54) is 6.07 Å². The van der Waals surface area contributed by atoms with Crippen molar-refractivity contribution in [2.24, 2.45) is 0 Å². The van der Waals surface area contributed by atoms with E-state index in [0.717, 1.165) is 22.8 Å². The molecule has 0 spiro atoms. The Morgan fingerprint density at radius 3 is 2.68 bits per heavy atom. The molecule has 0 heterocycles. The molecule has 5 heteroatoms. The number of carbonyl (C=O) groups is 1. The standard InChI is InChI=1S/C14H10O4S/c15-14(19(16,17)18)12-8-7-10-4-1-3-9-5-2-6-11(12)13(9)10/h1-4,6-8H,5H2,(H,16,17,18). The molecule has 0 aliphatic heterocycles. The smallest absolute Gasteiger partial charge is 0.279 e.